The van der Waals surface area contributed by atoms with E-state index in [0.717, 1.165) is 34.1 Å². The topological polar surface area (TPSA) is 171 Å². The molecule has 12 nitrogen and oxygen atoms in total. The zero-order chi connectivity index (χ0) is 30.7. The highest BCUT2D eigenvalue weighted by Gasteiger charge is 2.28. The van der Waals surface area contributed by atoms with Crippen molar-refractivity contribution in [3.8, 4) is 0 Å². The van der Waals surface area contributed by atoms with Gasteiger partial charge in [-0.05, 0) is 59.7 Å². The first kappa shape index (κ1) is 29.1. The van der Waals surface area contributed by atoms with Gasteiger partial charge in [0.05, 0.1) is 11.6 Å². The molecule has 3 aromatic rings. The maximum atomic E-state index is 13.0. The fourth-order valence-electron chi connectivity index (χ4n) is 5.48. The van der Waals surface area contributed by atoms with Gasteiger partial charge in [0.1, 0.15) is 23.4 Å². The number of fused-ring (bicyclic) bond motifs is 2. The summed E-state index contributed by atoms with van der Waals surface area (Å²) in [4.78, 5) is 70.5. The lowest BCUT2D eigenvalue weighted by Crippen LogP contribution is -2.29. The minimum absolute atomic E-state index is 0.0371. The second-order valence-corrected chi connectivity index (χ2v) is 10.4. The molecule has 4 N–H and O–H groups in total. The van der Waals surface area contributed by atoms with Gasteiger partial charge in [0.15, 0.2) is 6.29 Å². The molecule has 0 unspecified atom stereocenters. The smallest absolute Gasteiger partial charge is 0.335 e. The van der Waals surface area contributed by atoms with E-state index >= 15 is 0 Å². The number of carbonyl (C=O) groups excluding carboxylic acids is 4. The molecule has 0 fully saturated rings. The number of hydrogen-bond donors (Lipinski definition) is 4. The minimum atomic E-state index is -1.00. The van der Waals surface area contributed by atoms with Crippen LogP contribution in [0.5, 0.6) is 0 Å². The van der Waals surface area contributed by atoms with E-state index in [0.29, 0.717) is 43.6 Å². The van der Waals surface area contributed by atoms with Crippen molar-refractivity contribution in [2.24, 2.45) is 0 Å². The number of aldehydes is 1. The second-order valence-electron chi connectivity index (χ2n) is 10.4. The van der Waals surface area contributed by atoms with Gasteiger partial charge in [0.2, 0.25) is 5.78 Å². The number of rotatable bonds is 10. The highest BCUT2D eigenvalue weighted by molar-refractivity contribution is 6.33. The van der Waals surface area contributed by atoms with E-state index in [1.54, 1.807) is 26.1 Å². The molecular weight excluding hydrogens is 552 g/mol. The fraction of sp³-hybridized carbons (Fsp3) is 0.258. The van der Waals surface area contributed by atoms with Crippen molar-refractivity contribution in [1.29, 1.82) is 0 Å². The van der Waals surface area contributed by atoms with E-state index in [1.807, 2.05) is 23.1 Å². The first-order chi connectivity index (χ1) is 20.7. The van der Waals surface area contributed by atoms with Gasteiger partial charge in [-0.2, -0.15) is 0 Å². The molecule has 0 bridgehead atoms. The highest BCUT2D eigenvalue weighted by atomic mass is 16.4. The Bertz CT molecular complexity index is 1680. The molecule has 0 spiro atoms. The molecule has 2 aromatic carbocycles. The summed E-state index contributed by atoms with van der Waals surface area (Å²) in [5.74, 6) is -2.53. The molecule has 2 amide bonds. The van der Waals surface area contributed by atoms with Crippen LogP contribution in [-0.4, -0.2) is 56.9 Å². The lowest BCUT2D eigenvalue weighted by molar-refractivity contribution is -0.128. The van der Waals surface area contributed by atoms with E-state index in [-0.39, 0.29) is 29.5 Å². The van der Waals surface area contributed by atoms with Gasteiger partial charge in [-0.15, -0.1) is 0 Å². The van der Waals surface area contributed by atoms with Gasteiger partial charge in [-0.3, -0.25) is 19.2 Å². The van der Waals surface area contributed by atoms with Crippen LogP contribution in [0.15, 0.2) is 60.2 Å². The molecule has 2 aliphatic rings. The Balaban J connectivity index is 1.21. The normalized spacial score (nSPS) is 15.6. The van der Waals surface area contributed by atoms with Crippen LogP contribution in [0.25, 0.3) is 0 Å². The van der Waals surface area contributed by atoms with Crippen LogP contribution in [0.4, 0.5) is 0 Å². The summed E-state index contributed by atoms with van der Waals surface area (Å²) in [6.45, 7) is 2.88. The summed E-state index contributed by atoms with van der Waals surface area (Å²) in [5, 5.41) is 17.9. The first-order valence-electron chi connectivity index (χ1n) is 13.7. The Kier molecular flexibility index (Phi) is 8.28. The van der Waals surface area contributed by atoms with Crippen molar-refractivity contribution < 1.29 is 29.1 Å². The van der Waals surface area contributed by atoms with Gasteiger partial charge in [0, 0.05) is 38.4 Å². The molecule has 5 rings (SSSR count). The number of carboxylic acid groups (broad SMARTS) is 1. The largest absolute Gasteiger partial charge is 0.478 e. The lowest BCUT2D eigenvalue weighted by atomic mass is 10.0. The number of nitrogens with zero attached hydrogens (tertiary/aromatic N) is 3. The molecule has 0 saturated carbocycles. The third-order valence-electron chi connectivity index (χ3n) is 7.74. The number of carbonyl (C=O) groups is 5. The third-order valence-corrected chi connectivity index (χ3v) is 7.74. The zero-order valence-corrected chi connectivity index (χ0v) is 23.6. The fourth-order valence-corrected chi connectivity index (χ4v) is 5.48. The molecule has 12 heteroatoms. The molecule has 43 heavy (non-hydrogen) atoms. The molecular formula is C31H30N6O6. The molecule has 1 atom stereocenters. The predicted octanol–water partition coefficient (Wildman–Crippen LogP) is 2.06. The van der Waals surface area contributed by atoms with Crippen molar-refractivity contribution in [2.75, 3.05) is 7.05 Å². The molecule has 220 valence electrons. The Hall–Kier alpha value is -5.39. The Morgan fingerprint density at radius 2 is 1.72 bits per heavy atom. The monoisotopic (exact) mass is 582 g/mol. The van der Waals surface area contributed by atoms with Crippen LogP contribution in [0.2, 0.25) is 0 Å². The summed E-state index contributed by atoms with van der Waals surface area (Å²) in [7, 11) is 1.69. The minimum Gasteiger partial charge on any atom is -0.478 e. The number of aromatic carboxylic acids is 1. The SMILES string of the molecule is CN/C(C)=C(/C(=O)C=O)N1Cc2ccc(CNC(=O)c3cc(C(=O)N[C@H]4CCc5cc(C(=O)O)ccc54)ncn3)cc2C1. The molecule has 1 aliphatic carbocycles. The number of amides is 2. The van der Waals surface area contributed by atoms with Crippen molar-refractivity contribution >= 4 is 29.9 Å². The summed E-state index contributed by atoms with van der Waals surface area (Å²) in [6.07, 6.45) is 2.74. The average molecular weight is 583 g/mol. The number of nitrogens with one attached hydrogen (secondary N) is 3. The quantitative estimate of drug-likeness (QED) is 0.158. The zero-order valence-electron chi connectivity index (χ0n) is 23.6. The van der Waals surface area contributed by atoms with Crippen LogP contribution >= 0.6 is 0 Å². The van der Waals surface area contributed by atoms with E-state index in [9.17, 15) is 29.1 Å². The second kappa shape index (κ2) is 12.2. The van der Waals surface area contributed by atoms with Crippen molar-refractivity contribution in [3.63, 3.8) is 0 Å². The van der Waals surface area contributed by atoms with Crippen molar-refractivity contribution in [2.45, 2.75) is 45.4 Å². The third kappa shape index (κ3) is 6.13. The lowest BCUT2D eigenvalue weighted by Gasteiger charge is -2.21. The van der Waals surface area contributed by atoms with Gasteiger partial charge < -0.3 is 26.0 Å². The Morgan fingerprint density at radius 1 is 0.977 bits per heavy atom. The number of benzene rings is 2. The van der Waals surface area contributed by atoms with Crippen LogP contribution in [0.1, 0.15) is 78.5 Å². The number of aryl methyl sites for hydroxylation is 1. The van der Waals surface area contributed by atoms with Gasteiger partial charge >= 0.3 is 5.97 Å². The summed E-state index contributed by atoms with van der Waals surface area (Å²) < 4.78 is 0. The molecule has 0 saturated heterocycles. The summed E-state index contributed by atoms with van der Waals surface area (Å²) in [6, 6.07) is 11.7. The number of allylic oxidation sites excluding steroid dienone is 2. The molecule has 1 aliphatic heterocycles. The maximum absolute atomic E-state index is 13.0. The standard InChI is InChI=1S/C31H30N6O6/c1-17(32-2)28(27(39)15-38)37-13-21-4-3-18(9-22(21)14-37)12-33-29(40)25-11-26(35-16-34-25)30(41)36-24-8-6-19-10-20(31(42)43)5-7-23(19)24/h3-5,7,9-11,15-16,24,32H,6,8,12-14H2,1-2H3,(H,33,40)(H,36,41)(H,42,43)/b28-17-/t24-/m0/s1. The Labute approximate surface area is 247 Å². The van der Waals surface area contributed by atoms with Crippen LogP contribution in [0, 0.1) is 0 Å². The van der Waals surface area contributed by atoms with Crippen LogP contribution in [-0.2, 0) is 35.6 Å². The maximum Gasteiger partial charge on any atom is 0.335 e. The molecule has 0 radical (unpaired) electrons. The first-order valence-corrected chi connectivity index (χ1v) is 13.7. The van der Waals surface area contributed by atoms with Gasteiger partial charge in [0.25, 0.3) is 11.8 Å². The van der Waals surface area contributed by atoms with Gasteiger partial charge in [-0.1, -0.05) is 24.3 Å². The van der Waals surface area contributed by atoms with E-state index in [1.165, 1.54) is 12.1 Å². The molecule has 1 aromatic heterocycles. The van der Waals surface area contributed by atoms with Crippen molar-refractivity contribution in [1.82, 2.24) is 30.8 Å². The molecule has 2 heterocycles. The van der Waals surface area contributed by atoms with Crippen LogP contribution < -0.4 is 16.0 Å². The van der Waals surface area contributed by atoms with Gasteiger partial charge in [-0.25, -0.2) is 14.8 Å². The Morgan fingerprint density at radius 3 is 2.44 bits per heavy atom. The van der Waals surface area contributed by atoms with E-state index < -0.39 is 23.6 Å². The average Bonchev–Trinajstić information content (AvgIpc) is 3.62. The number of hydrogen-bond acceptors (Lipinski definition) is 9. The van der Waals surface area contributed by atoms with E-state index in [2.05, 4.69) is 25.9 Å². The summed E-state index contributed by atoms with van der Waals surface area (Å²) >= 11 is 0. The van der Waals surface area contributed by atoms with Crippen molar-refractivity contribution in [3.05, 3.63) is 105 Å². The number of Topliss-reactive ketones (excluding diaryl/α,β-unsaturated/α-hetero) is 1. The number of aromatic nitrogens is 2. The highest BCUT2D eigenvalue weighted by Crippen LogP contribution is 2.32. The number of carboxylic acids is 1. The predicted molar refractivity (Wildman–Crippen MR) is 154 cm³/mol. The van der Waals surface area contributed by atoms with Crippen LogP contribution in [0.3, 0.4) is 0 Å². The summed E-state index contributed by atoms with van der Waals surface area (Å²) in [5.41, 5.74) is 5.81. The number of ketones is 1. The van der Waals surface area contributed by atoms with E-state index in [4.69, 9.17) is 0 Å².